The fourth-order valence-electron chi connectivity index (χ4n) is 3.97. The Kier molecular flexibility index (Phi) is 10.9. The van der Waals surface area contributed by atoms with E-state index in [0.29, 0.717) is 6.54 Å². The number of carbonyl (C=O) groups excluding carboxylic acids is 1. The maximum Gasteiger partial charge on any atom is 0.344 e. The van der Waals surface area contributed by atoms with Gasteiger partial charge in [-0.25, -0.2) is 14.0 Å². The first-order valence-corrected chi connectivity index (χ1v) is 13.2. The second-order valence-electron chi connectivity index (χ2n) is 9.17. The van der Waals surface area contributed by atoms with Crippen molar-refractivity contribution >= 4 is 28.5 Å². The molecule has 9 nitrogen and oxygen atoms in total. The van der Waals surface area contributed by atoms with Crippen LogP contribution in [0.25, 0.3) is 0 Å². The first kappa shape index (κ1) is 27.8. The van der Waals surface area contributed by atoms with Crippen LogP contribution in [0.3, 0.4) is 0 Å². The Morgan fingerprint density at radius 1 is 1.14 bits per heavy atom. The molecule has 1 aromatic carbocycles. The number of amides is 2. The molecule has 1 aliphatic heterocycles. The Labute approximate surface area is 215 Å². The average Bonchev–Trinajstić information content (AvgIpc) is 3.24. The van der Waals surface area contributed by atoms with Gasteiger partial charge in [0.05, 0.1) is 0 Å². The summed E-state index contributed by atoms with van der Waals surface area (Å²) in [6.07, 6.45) is 5.38. The van der Waals surface area contributed by atoms with Crippen molar-refractivity contribution in [2.75, 3.05) is 51.6 Å². The highest BCUT2D eigenvalue weighted by Gasteiger charge is 2.23. The van der Waals surface area contributed by atoms with Crippen molar-refractivity contribution in [1.29, 1.82) is 0 Å². The van der Waals surface area contributed by atoms with E-state index in [-0.39, 0.29) is 28.6 Å². The van der Waals surface area contributed by atoms with Gasteiger partial charge in [0.15, 0.2) is 5.56 Å². The van der Waals surface area contributed by atoms with E-state index in [4.69, 9.17) is 4.74 Å². The van der Waals surface area contributed by atoms with Crippen molar-refractivity contribution in [2.24, 2.45) is 0 Å². The van der Waals surface area contributed by atoms with E-state index in [1.165, 1.54) is 18.9 Å². The number of hydrogen-bond acceptors (Lipinski definition) is 7. The molecule has 3 rings (SSSR count). The number of carboxylic acid groups (broad SMARTS) is 1. The molecule has 2 heterocycles. The monoisotopic (exact) mass is 521 g/mol. The molecule has 0 spiro atoms. The van der Waals surface area contributed by atoms with Gasteiger partial charge in [-0.2, -0.15) is 4.37 Å². The van der Waals surface area contributed by atoms with Crippen LogP contribution in [0.4, 0.5) is 14.2 Å². The van der Waals surface area contributed by atoms with Crippen molar-refractivity contribution in [3.63, 3.8) is 0 Å². The summed E-state index contributed by atoms with van der Waals surface area (Å²) < 4.78 is 23.5. The molecule has 2 amide bonds. The number of unbranched alkanes of at least 4 members (excludes halogenated alkanes) is 4. The number of aromatic nitrogens is 1. The molecule has 0 unspecified atom stereocenters. The number of hydrogen-bond donors (Lipinski definition) is 3. The summed E-state index contributed by atoms with van der Waals surface area (Å²) in [6, 6.07) is 4.21. The van der Waals surface area contributed by atoms with Crippen LogP contribution in [0, 0.1) is 12.7 Å². The molecule has 36 heavy (non-hydrogen) atoms. The zero-order valence-corrected chi connectivity index (χ0v) is 21.8. The number of piperazine rings is 1. The van der Waals surface area contributed by atoms with Crippen LogP contribution < -0.4 is 15.4 Å². The first-order valence-electron chi connectivity index (χ1n) is 12.4. The Balaban J connectivity index is 1.34. The Bertz CT molecular complexity index is 1010. The van der Waals surface area contributed by atoms with E-state index in [2.05, 4.69) is 31.9 Å². The van der Waals surface area contributed by atoms with E-state index in [9.17, 15) is 19.1 Å². The molecule has 0 saturated carbocycles. The molecule has 3 N–H and O–H groups in total. The third-order valence-corrected chi connectivity index (χ3v) is 6.95. The van der Waals surface area contributed by atoms with Crippen LogP contribution in [0.1, 0.15) is 53.6 Å². The van der Waals surface area contributed by atoms with E-state index >= 15 is 0 Å². The quantitative estimate of drug-likeness (QED) is 0.339. The normalized spacial score (nSPS) is 14.5. The number of carboxylic acids is 1. The van der Waals surface area contributed by atoms with E-state index in [0.717, 1.165) is 69.1 Å². The molecule has 1 aromatic heterocycles. The number of urea groups is 1. The average molecular weight is 522 g/mol. The third kappa shape index (κ3) is 8.72. The number of nitrogens with zero attached hydrogens (tertiary/aromatic N) is 3. The highest BCUT2D eigenvalue weighted by atomic mass is 32.1. The van der Waals surface area contributed by atoms with E-state index in [1.54, 1.807) is 19.1 Å². The van der Waals surface area contributed by atoms with Crippen molar-refractivity contribution in [3.8, 4) is 5.88 Å². The highest BCUT2D eigenvalue weighted by Crippen LogP contribution is 2.31. The van der Waals surface area contributed by atoms with Crippen LogP contribution in [0.15, 0.2) is 18.2 Å². The topological polar surface area (TPSA) is 107 Å². The molecular weight excluding hydrogens is 485 g/mol. The number of ether oxygens (including phenoxy) is 1. The number of nitrogens with one attached hydrogen (secondary N) is 2. The first-order chi connectivity index (χ1) is 17.3. The van der Waals surface area contributed by atoms with Crippen molar-refractivity contribution in [3.05, 3.63) is 40.7 Å². The zero-order valence-electron chi connectivity index (χ0n) is 21.0. The predicted octanol–water partition coefficient (Wildman–Crippen LogP) is 4.19. The Hall–Kier alpha value is -2.76. The van der Waals surface area contributed by atoms with Crippen LogP contribution in [-0.4, -0.2) is 77.6 Å². The summed E-state index contributed by atoms with van der Waals surface area (Å²) >= 11 is 0.811. The summed E-state index contributed by atoms with van der Waals surface area (Å²) in [6.45, 7) is 7.85. The van der Waals surface area contributed by atoms with E-state index < -0.39 is 17.8 Å². The number of aryl methyl sites for hydroxylation is 1. The molecule has 0 atom stereocenters. The van der Waals surface area contributed by atoms with Crippen LogP contribution in [-0.2, 0) is 6.61 Å². The molecule has 198 valence electrons. The number of likely N-dealkylation sites (N-methyl/N-ethyl adjacent to an activating group) is 1. The minimum atomic E-state index is -1.28. The number of aromatic carboxylic acids is 1. The smallest absolute Gasteiger partial charge is 0.344 e. The summed E-state index contributed by atoms with van der Waals surface area (Å²) in [5.41, 5.74) is 0.814. The fourth-order valence-corrected chi connectivity index (χ4v) is 4.70. The molecule has 0 radical (unpaired) electrons. The molecular formula is C25H36FN5O4S. The number of anilines is 1. The van der Waals surface area contributed by atoms with Gasteiger partial charge in [-0.3, -0.25) is 5.32 Å². The highest BCUT2D eigenvalue weighted by molar-refractivity contribution is 7.11. The second kappa shape index (κ2) is 14.1. The lowest BCUT2D eigenvalue weighted by Crippen LogP contribution is -2.44. The lowest BCUT2D eigenvalue weighted by atomic mass is 10.1. The van der Waals surface area contributed by atoms with Gasteiger partial charge in [-0.15, -0.1) is 0 Å². The van der Waals surface area contributed by atoms with Gasteiger partial charge in [-0.05, 0) is 56.5 Å². The van der Waals surface area contributed by atoms with Gasteiger partial charge in [0.2, 0.25) is 5.88 Å². The molecule has 1 fully saturated rings. The van der Waals surface area contributed by atoms with Gasteiger partial charge in [0.25, 0.3) is 0 Å². The number of benzene rings is 1. The summed E-state index contributed by atoms with van der Waals surface area (Å²) in [4.78, 5) is 28.9. The van der Waals surface area contributed by atoms with Gasteiger partial charge >= 0.3 is 12.0 Å². The van der Waals surface area contributed by atoms with Crippen LogP contribution in [0.5, 0.6) is 5.88 Å². The number of rotatable bonds is 13. The standard InChI is InChI=1S/C25H36FN5O4S/c1-18-8-9-19(20(26)16-18)17-35-22-21(24(32)33)23(36-29-22)28-25(34)27-10-6-4-3-5-7-11-31-14-12-30(2)13-15-31/h8-9,16H,3-7,10-15,17H2,1-2H3,(H,32,33)(H2,27,28,34). The fraction of sp³-hybridized carbons (Fsp3) is 0.560. The second-order valence-corrected chi connectivity index (χ2v) is 9.95. The van der Waals surface area contributed by atoms with Crippen LogP contribution in [0.2, 0.25) is 0 Å². The maximum absolute atomic E-state index is 14.0. The van der Waals surface area contributed by atoms with Crippen molar-refractivity contribution < 1.29 is 23.8 Å². The molecule has 0 aliphatic carbocycles. The van der Waals surface area contributed by atoms with Crippen molar-refractivity contribution in [1.82, 2.24) is 19.5 Å². The number of carbonyl (C=O) groups is 2. The summed E-state index contributed by atoms with van der Waals surface area (Å²) in [7, 11) is 2.16. The lowest BCUT2D eigenvalue weighted by molar-refractivity contribution is 0.0693. The molecule has 2 aromatic rings. The molecule has 1 saturated heterocycles. The zero-order chi connectivity index (χ0) is 25.9. The lowest BCUT2D eigenvalue weighted by Gasteiger charge is -2.32. The predicted molar refractivity (Wildman–Crippen MR) is 139 cm³/mol. The van der Waals surface area contributed by atoms with Crippen molar-refractivity contribution in [2.45, 2.75) is 45.6 Å². The molecule has 1 aliphatic rings. The van der Waals surface area contributed by atoms with E-state index in [1.807, 2.05) is 0 Å². The third-order valence-electron chi connectivity index (χ3n) is 6.21. The van der Waals surface area contributed by atoms with Gasteiger partial charge in [-0.1, -0.05) is 31.4 Å². The number of halogens is 1. The molecule has 11 heteroatoms. The minimum absolute atomic E-state index is 0.0725. The minimum Gasteiger partial charge on any atom is -0.477 e. The maximum atomic E-state index is 14.0. The largest absolute Gasteiger partial charge is 0.477 e. The van der Waals surface area contributed by atoms with Crippen LogP contribution >= 0.6 is 11.5 Å². The Morgan fingerprint density at radius 3 is 2.58 bits per heavy atom. The van der Waals surface area contributed by atoms with Gasteiger partial charge in [0, 0.05) is 38.3 Å². The Morgan fingerprint density at radius 2 is 1.86 bits per heavy atom. The van der Waals surface area contributed by atoms with Gasteiger partial charge in [0.1, 0.15) is 17.4 Å². The van der Waals surface area contributed by atoms with Gasteiger partial charge < -0.3 is 25.0 Å². The summed E-state index contributed by atoms with van der Waals surface area (Å²) in [5.74, 6) is -1.87. The molecule has 0 bridgehead atoms. The summed E-state index contributed by atoms with van der Waals surface area (Å²) in [5, 5.41) is 15.0. The SMILES string of the molecule is Cc1ccc(COc2nsc(NC(=O)NCCCCCCCN3CCN(C)CC3)c2C(=O)O)c(F)c1.